The maximum absolute atomic E-state index is 13.4. The number of rotatable bonds is 16. The molecule has 0 bridgehead atoms. The molecule has 2 aromatic heterocycles. The van der Waals surface area contributed by atoms with Gasteiger partial charge in [-0.1, -0.05) is 73.5 Å². The molecular formula is C35H44ClN9O7. The molecule has 1 unspecified atom stereocenters. The molecule has 17 heteroatoms. The second kappa shape index (κ2) is 18.3. The molecule has 0 radical (unpaired) electrons. The first kappa shape index (κ1) is 38.0. The van der Waals surface area contributed by atoms with Crippen LogP contribution in [-0.4, -0.2) is 83.9 Å². The smallest absolute Gasteiger partial charge is 0.511 e. The summed E-state index contributed by atoms with van der Waals surface area (Å²) in [5.74, 6) is 0.388. The average molecular weight is 738 g/mol. The second-order valence-corrected chi connectivity index (χ2v) is 12.9. The highest BCUT2D eigenvalue weighted by Crippen LogP contribution is 2.30. The number of aromatic amines is 1. The second-order valence-electron chi connectivity index (χ2n) is 12.6. The van der Waals surface area contributed by atoms with Crippen molar-refractivity contribution in [3.8, 4) is 22.5 Å². The maximum Gasteiger partial charge on any atom is 0.511 e. The third-order valence-electron chi connectivity index (χ3n) is 8.69. The Hall–Kier alpha value is -5.25. The van der Waals surface area contributed by atoms with E-state index in [0.717, 1.165) is 54.4 Å². The Bertz CT molecular complexity index is 1790. The van der Waals surface area contributed by atoms with Crippen molar-refractivity contribution < 1.29 is 33.6 Å². The van der Waals surface area contributed by atoms with Crippen LogP contribution in [0.15, 0.2) is 53.8 Å². The number of halogens is 1. The quantitative estimate of drug-likeness (QED) is 0.0314. The van der Waals surface area contributed by atoms with E-state index in [9.17, 15) is 14.8 Å². The number of esters is 1. The number of hydrazine groups is 1. The lowest BCUT2D eigenvalue weighted by Gasteiger charge is -2.33. The Kier molecular flexibility index (Phi) is 13.4. The maximum atomic E-state index is 13.4. The van der Waals surface area contributed by atoms with Crippen LogP contribution in [0.5, 0.6) is 0 Å². The Morgan fingerprint density at radius 1 is 1.06 bits per heavy atom. The number of aromatic nitrogens is 6. The van der Waals surface area contributed by atoms with E-state index in [1.165, 1.54) is 6.92 Å². The molecule has 0 saturated carbocycles. The first-order valence-corrected chi connectivity index (χ1v) is 17.8. The normalized spacial score (nSPS) is 16.7. The molecule has 0 aliphatic carbocycles. The molecule has 52 heavy (non-hydrogen) atoms. The predicted molar refractivity (Wildman–Crippen MR) is 189 cm³/mol. The Labute approximate surface area is 306 Å². The van der Waals surface area contributed by atoms with Crippen LogP contribution in [0.25, 0.3) is 22.5 Å². The molecule has 1 aliphatic heterocycles. The van der Waals surface area contributed by atoms with E-state index in [-0.39, 0.29) is 42.6 Å². The molecule has 5 rings (SSSR count). The van der Waals surface area contributed by atoms with Gasteiger partial charge in [0.15, 0.2) is 16.7 Å². The highest BCUT2D eigenvalue weighted by atomic mass is 35.5. The Morgan fingerprint density at radius 2 is 1.79 bits per heavy atom. The molecule has 1 fully saturated rings. The zero-order valence-electron chi connectivity index (χ0n) is 29.7. The Balaban J connectivity index is 1.16. The number of unbranched alkanes of at least 4 members (excludes halogenated alkanes) is 1. The standard InChI is InChI=1S/C35H44ClN9O7/c1-5-6-15-30-37-32(36)31(43(30)22-26-16-18-27(19-17-26)28-13-7-8-14-29(28)33-38-40-41-39-33)34(46)51-25(4)52-35(47)49-20-10-21-50-42-45(48)44-23(2)11-9-12-24(44)3/h7-8,13-14,16-19,23-25H,5-6,9-12,15,20-22H2,1-4H3,(H,38,39,40,41)/b45-42-/t23-,24+,25?. The van der Waals surface area contributed by atoms with Crippen molar-refractivity contribution in [3.63, 3.8) is 0 Å². The minimum atomic E-state index is -1.29. The van der Waals surface area contributed by atoms with Gasteiger partial charge in [0, 0.05) is 31.9 Å². The average Bonchev–Trinajstić information content (AvgIpc) is 3.77. The van der Waals surface area contributed by atoms with Crippen molar-refractivity contribution in [2.75, 3.05) is 13.2 Å². The molecule has 278 valence electrons. The van der Waals surface area contributed by atoms with Crippen molar-refractivity contribution in [3.05, 3.63) is 76.0 Å². The molecule has 0 amide bonds. The van der Waals surface area contributed by atoms with Crippen LogP contribution in [0.2, 0.25) is 5.15 Å². The summed E-state index contributed by atoms with van der Waals surface area (Å²) < 4.78 is 17.4. The summed E-state index contributed by atoms with van der Waals surface area (Å²) in [5.41, 5.74) is 3.71. The number of carbonyl (C=O) groups excluding carboxylic acids is 2. The number of hydrogen-bond acceptors (Lipinski definition) is 12. The third kappa shape index (κ3) is 9.75. The van der Waals surface area contributed by atoms with Crippen molar-refractivity contribution in [2.24, 2.45) is 5.28 Å². The van der Waals surface area contributed by atoms with Crippen LogP contribution < -0.4 is 0 Å². The summed E-state index contributed by atoms with van der Waals surface area (Å²) >= 11 is 6.51. The predicted octanol–water partition coefficient (Wildman–Crippen LogP) is 6.89. The van der Waals surface area contributed by atoms with Crippen LogP contribution in [0.4, 0.5) is 4.79 Å². The number of ether oxygens (including phenoxy) is 3. The van der Waals surface area contributed by atoms with Gasteiger partial charge in [-0.25, -0.2) is 19.7 Å². The minimum Gasteiger partial charge on any atom is -0.569 e. The lowest BCUT2D eigenvalue weighted by molar-refractivity contribution is -0.727. The molecule has 1 N–H and O–H groups in total. The van der Waals surface area contributed by atoms with Crippen LogP contribution in [-0.2, 0) is 32.0 Å². The number of benzene rings is 2. The first-order chi connectivity index (χ1) is 25.2. The van der Waals surface area contributed by atoms with Crippen molar-refractivity contribution in [1.82, 2.24) is 35.2 Å². The molecule has 1 aliphatic rings. The molecular weight excluding hydrogens is 694 g/mol. The number of nitrogens with zero attached hydrogens (tertiary/aromatic N) is 8. The summed E-state index contributed by atoms with van der Waals surface area (Å²) in [6.45, 7) is 7.69. The number of H-pyrrole nitrogens is 1. The van der Waals surface area contributed by atoms with Gasteiger partial charge in [0.25, 0.3) is 0 Å². The number of aryl methyl sites for hydroxylation is 1. The molecule has 3 heterocycles. The van der Waals surface area contributed by atoms with E-state index in [0.29, 0.717) is 29.6 Å². The largest absolute Gasteiger partial charge is 0.569 e. The fourth-order valence-electron chi connectivity index (χ4n) is 6.10. The summed E-state index contributed by atoms with van der Waals surface area (Å²) in [7, 11) is 0. The third-order valence-corrected chi connectivity index (χ3v) is 8.96. The van der Waals surface area contributed by atoms with E-state index in [1.807, 2.05) is 62.4 Å². The molecule has 0 spiro atoms. The molecule has 4 aromatic rings. The highest BCUT2D eigenvalue weighted by molar-refractivity contribution is 6.32. The van der Waals surface area contributed by atoms with Gasteiger partial charge in [-0.2, -0.15) is 0 Å². The zero-order valence-corrected chi connectivity index (χ0v) is 30.5. The topological polar surface area (TPSA) is 185 Å². The molecule has 3 atom stereocenters. The lowest BCUT2D eigenvalue weighted by Crippen LogP contribution is -2.47. The van der Waals surface area contributed by atoms with Gasteiger partial charge in [-0.15, -0.1) is 10.1 Å². The lowest BCUT2D eigenvalue weighted by atomic mass is 9.98. The van der Waals surface area contributed by atoms with Crippen molar-refractivity contribution in [1.29, 1.82) is 0 Å². The summed E-state index contributed by atoms with van der Waals surface area (Å²) in [4.78, 5) is 35.8. The molecule has 1 saturated heterocycles. The summed E-state index contributed by atoms with van der Waals surface area (Å²) in [5, 5.41) is 31.8. The minimum absolute atomic E-state index is 0.0108. The number of tetrazole rings is 1. The molecule has 16 nitrogen and oxygen atoms in total. The molecule has 2 aromatic carbocycles. The number of carbonyl (C=O) groups is 2. The van der Waals surface area contributed by atoms with Gasteiger partial charge < -0.3 is 28.8 Å². The van der Waals surface area contributed by atoms with E-state index >= 15 is 0 Å². The van der Waals surface area contributed by atoms with Crippen LogP contribution >= 0.6 is 11.6 Å². The summed E-state index contributed by atoms with van der Waals surface area (Å²) in [6, 6.07) is 15.8. The highest BCUT2D eigenvalue weighted by Gasteiger charge is 2.31. The van der Waals surface area contributed by atoms with E-state index in [1.54, 1.807) is 9.58 Å². The van der Waals surface area contributed by atoms with E-state index < -0.39 is 18.4 Å². The monoisotopic (exact) mass is 737 g/mol. The number of hydrogen-bond donors (Lipinski definition) is 1. The van der Waals surface area contributed by atoms with Crippen LogP contribution in [0.3, 0.4) is 0 Å². The van der Waals surface area contributed by atoms with Gasteiger partial charge in [-0.05, 0) is 66.6 Å². The summed E-state index contributed by atoms with van der Waals surface area (Å²) in [6.07, 6.45) is 3.17. The van der Waals surface area contributed by atoms with E-state index in [2.05, 4.69) is 37.8 Å². The SMILES string of the molecule is CCCCc1nc(Cl)c(C(=O)OC(C)OC(=O)OCCCO/N=[N+](\[O-])N2[C@H](C)CCC[C@@H]2C)n1Cc1ccc(-c2ccccc2-c2nnn[nH]2)cc1. The fourth-order valence-corrected chi connectivity index (χ4v) is 6.38. The van der Waals surface area contributed by atoms with Gasteiger partial charge in [0.05, 0.1) is 23.7 Å². The van der Waals surface area contributed by atoms with E-state index in [4.69, 9.17) is 30.6 Å². The number of imidazole rings is 1. The fraction of sp³-hybridized carbons (Fsp3) is 0.486. The number of nitrogens with one attached hydrogen (secondary N) is 1. The van der Waals surface area contributed by atoms with Gasteiger partial charge in [-0.3, -0.25) is 0 Å². The zero-order chi connectivity index (χ0) is 37.0. The van der Waals surface area contributed by atoms with Gasteiger partial charge >= 0.3 is 12.1 Å². The van der Waals surface area contributed by atoms with Crippen molar-refractivity contribution >= 4 is 23.7 Å². The number of piperidine rings is 1. The van der Waals surface area contributed by atoms with Gasteiger partial charge in [0.1, 0.15) is 12.4 Å². The Morgan fingerprint density at radius 3 is 2.48 bits per heavy atom. The van der Waals surface area contributed by atoms with Crippen LogP contribution in [0.1, 0.15) is 88.1 Å². The first-order valence-electron chi connectivity index (χ1n) is 17.5. The van der Waals surface area contributed by atoms with Crippen LogP contribution in [0, 0.1) is 5.21 Å². The van der Waals surface area contributed by atoms with Crippen molar-refractivity contribution in [2.45, 2.75) is 97.6 Å². The van der Waals surface area contributed by atoms with Gasteiger partial charge in [0.2, 0.25) is 11.6 Å².